The van der Waals surface area contributed by atoms with Crippen molar-refractivity contribution in [2.24, 2.45) is 4.99 Å². The summed E-state index contributed by atoms with van der Waals surface area (Å²) >= 11 is 0. The molecule has 0 bridgehead atoms. The highest BCUT2D eigenvalue weighted by Gasteiger charge is 2.08. The van der Waals surface area contributed by atoms with Gasteiger partial charge in [0.2, 0.25) is 0 Å². The molecular weight excluding hydrogens is 184 g/mol. The van der Waals surface area contributed by atoms with Crippen LogP contribution in [0.15, 0.2) is 17.3 Å². The van der Waals surface area contributed by atoms with E-state index >= 15 is 0 Å². The van der Waals surface area contributed by atoms with Crippen molar-refractivity contribution >= 4 is 6.21 Å². The van der Waals surface area contributed by atoms with E-state index in [9.17, 15) is 0 Å². The van der Waals surface area contributed by atoms with Gasteiger partial charge in [-0.3, -0.25) is 9.98 Å². The zero-order valence-electron chi connectivity index (χ0n) is 10.1. The fourth-order valence-corrected chi connectivity index (χ4v) is 1.51. The average Bonchev–Trinajstić information content (AvgIpc) is 2.31. The van der Waals surface area contributed by atoms with Gasteiger partial charge in [0.15, 0.2) is 0 Å². The van der Waals surface area contributed by atoms with Crippen LogP contribution in [0.4, 0.5) is 0 Å². The first kappa shape index (κ1) is 11.9. The van der Waals surface area contributed by atoms with E-state index in [1.807, 2.05) is 26.3 Å². The number of aliphatic imine (C=N–C) groups is 1. The van der Waals surface area contributed by atoms with E-state index in [1.54, 1.807) is 0 Å². The molecule has 2 heterocycles. The Morgan fingerprint density at radius 1 is 1.27 bits per heavy atom. The van der Waals surface area contributed by atoms with Gasteiger partial charge in [-0.25, -0.2) is 0 Å². The van der Waals surface area contributed by atoms with Crippen LogP contribution in [0.5, 0.6) is 0 Å². The molecule has 0 saturated carbocycles. The Kier molecular flexibility index (Phi) is 4.47. The minimum atomic E-state index is 0.501. The van der Waals surface area contributed by atoms with E-state index in [1.165, 1.54) is 11.1 Å². The first-order valence-corrected chi connectivity index (χ1v) is 5.76. The monoisotopic (exact) mass is 204 g/mol. The topological polar surface area (TPSA) is 25.2 Å². The molecule has 2 rings (SSSR count). The molecule has 0 radical (unpaired) electrons. The van der Waals surface area contributed by atoms with E-state index < -0.39 is 0 Å². The summed E-state index contributed by atoms with van der Waals surface area (Å²) < 4.78 is 0. The zero-order chi connectivity index (χ0) is 11.3. The summed E-state index contributed by atoms with van der Waals surface area (Å²) in [6.45, 7) is 9.24. The molecule has 2 nitrogen and oxygen atoms in total. The maximum Gasteiger partial charge on any atom is 0.0435 e. The van der Waals surface area contributed by atoms with Gasteiger partial charge in [0.25, 0.3) is 0 Å². The van der Waals surface area contributed by atoms with Crippen molar-refractivity contribution in [3.05, 3.63) is 29.1 Å². The second-order valence-electron chi connectivity index (χ2n) is 3.75. The Hall–Kier alpha value is -1.18. The summed E-state index contributed by atoms with van der Waals surface area (Å²) in [7, 11) is 0. The molecule has 15 heavy (non-hydrogen) atoms. The van der Waals surface area contributed by atoms with Crippen molar-refractivity contribution in [3.63, 3.8) is 0 Å². The van der Waals surface area contributed by atoms with E-state index in [0.717, 1.165) is 18.7 Å². The normalized spacial score (nSPS) is 13.1. The minimum absolute atomic E-state index is 0.501. The fourth-order valence-electron chi connectivity index (χ4n) is 1.51. The second kappa shape index (κ2) is 5.64. The van der Waals surface area contributed by atoms with Crippen molar-refractivity contribution in [2.75, 3.05) is 6.54 Å². The number of rotatable bonds is 1. The molecular formula is C13H20N2. The predicted octanol–water partition coefficient (Wildman–Crippen LogP) is 3.21. The van der Waals surface area contributed by atoms with E-state index in [0.29, 0.717) is 5.92 Å². The van der Waals surface area contributed by atoms with Crippen LogP contribution in [-0.4, -0.2) is 17.7 Å². The molecule has 0 N–H and O–H groups in total. The maximum atomic E-state index is 4.43. The number of aromatic nitrogens is 1. The van der Waals surface area contributed by atoms with E-state index in [4.69, 9.17) is 0 Å². The van der Waals surface area contributed by atoms with Crippen LogP contribution in [0, 0.1) is 0 Å². The van der Waals surface area contributed by atoms with Gasteiger partial charge < -0.3 is 0 Å². The smallest absolute Gasteiger partial charge is 0.0435 e. The summed E-state index contributed by atoms with van der Waals surface area (Å²) in [5.41, 5.74) is 3.75. The summed E-state index contributed by atoms with van der Waals surface area (Å²) in [4.78, 5) is 8.70. The van der Waals surface area contributed by atoms with Crippen molar-refractivity contribution < 1.29 is 0 Å². The summed E-state index contributed by atoms with van der Waals surface area (Å²) in [5.74, 6) is 0.501. The molecule has 0 unspecified atom stereocenters. The number of nitrogens with zero attached hydrogens (tertiary/aromatic N) is 2. The lowest BCUT2D eigenvalue weighted by molar-refractivity contribution is 0.813. The molecule has 1 aliphatic rings. The molecule has 2 heteroatoms. The van der Waals surface area contributed by atoms with Crippen LogP contribution in [-0.2, 0) is 6.42 Å². The maximum absolute atomic E-state index is 4.43. The van der Waals surface area contributed by atoms with Crippen LogP contribution >= 0.6 is 0 Å². The Morgan fingerprint density at radius 2 is 2.00 bits per heavy atom. The van der Waals surface area contributed by atoms with Crippen LogP contribution in [0.1, 0.15) is 50.4 Å². The van der Waals surface area contributed by atoms with Crippen LogP contribution in [0.3, 0.4) is 0 Å². The lowest BCUT2D eigenvalue weighted by Crippen LogP contribution is -2.05. The molecule has 0 spiro atoms. The van der Waals surface area contributed by atoms with Crippen LogP contribution in [0.2, 0.25) is 0 Å². The van der Waals surface area contributed by atoms with Crippen molar-refractivity contribution in [2.45, 2.75) is 40.0 Å². The molecule has 1 aliphatic heterocycles. The first-order valence-electron chi connectivity index (χ1n) is 5.76. The average molecular weight is 204 g/mol. The lowest BCUT2D eigenvalue weighted by Gasteiger charge is -2.12. The van der Waals surface area contributed by atoms with E-state index in [2.05, 4.69) is 29.9 Å². The number of pyridine rings is 1. The van der Waals surface area contributed by atoms with Crippen LogP contribution in [0.25, 0.3) is 0 Å². The predicted molar refractivity (Wildman–Crippen MR) is 65.8 cm³/mol. The largest absolute Gasteiger partial charge is 0.292 e. The van der Waals surface area contributed by atoms with Gasteiger partial charge in [-0.2, -0.15) is 0 Å². The van der Waals surface area contributed by atoms with Crippen molar-refractivity contribution in [1.29, 1.82) is 0 Å². The standard InChI is InChI=1S/C11H14N2.C2H6/c1-8(2)11-5-10-6-12-4-3-9(10)7-13-11;1-2/h5-8H,3-4H2,1-2H3;1-2H3. The summed E-state index contributed by atoms with van der Waals surface area (Å²) in [6, 6.07) is 2.16. The van der Waals surface area contributed by atoms with Gasteiger partial charge >= 0.3 is 0 Å². The number of fused-ring (bicyclic) bond motifs is 1. The Balaban J connectivity index is 0.000000531. The quantitative estimate of drug-likeness (QED) is 0.689. The SMILES string of the molecule is CC.CC(C)c1cc2c(cn1)CCN=C2. The third-order valence-corrected chi connectivity index (χ3v) is 2.38. The molecule has 82 valence electrons. The number of hydrogen-bond acceptors (Lipinski definition) is 2. The lowest BCUT2D eigenvalue weighted by atomic mass is 10.0. The molecule has 0 saturated heterocycles. The molecule has 1 aromatic rings. The Morgan fingerprint density at radius 3 is 2.67 bits per heavy atom. The highest BCUT2D eigenvalue weighted by atomic mass is 14.7. The summed E-state index contributed by atoms with van der Waals surface area (Å²) in [5, 5.41) is 0. The van der Waals surface area contributed by atoms with Gasteiger partial charge in [-0.15, -0.1) is 0 Å². The molecule has 0 amide bonds. The molecule has 0 fully saturated rings. The van der Waals surface area contributed by atoms with Gasteiger partial charge in [-0.1, -0.05) is 27.7 Å². The first-order chi connectivity index (χ1) is 7.27. The van der Waals surface area contributed by atoms with Gasteiger partial charge in [0.1, 0.15) is 0 Å². The molecule has 1 aromatic heterocycles. The minimum Gasteiger partial charge on any atom is -0.292 e. The van der Waals surface area contributed by atoms with Gasteiger partial charge in [0.05, 0.1) is 0 Å². The second-order valence-corrected chi connectivity index (χ2v) is 3.75. The Bertz CT molecular complexity index is 340. The van der Waals surface area contributed by atoms with Gasteiger partial charge in [-0.05, 0) is 29.5 Å². The fraction of sp³-hybridized carbons (Fsp3) is 0.538. The van der Waals surface area contributed by atoms with E-state index in [-0.39, 0.29) is 0 Å². The molecule has 0 aromatic carbocycles. The van der Waals surface area contributed by atoms with Crippen molar-refractivity contribution in [1.82, 2.24) is 4.98 Å². The summed E-state index contributed by atoms with van der Waals surface area (Å²) in [6.07, 6.45) is 5.00. The third-order valence-electron chi connectivity index (χ3n) is 2.38. The third kappa shape index (κ3) is 2.88. The zero-order valence-corrected chi connectivity index (χ0v) is 10.1. The highest BCUT2D eigenvalue weighted by molar-refractivity contribution is 5.82. The van der Waals surface area contributed by atoms with Crippen LogP contribution < -0.4 is 0 Å². The van der Waals surface area contributed by atoms with Crippen molar-refractivity contribution in [3.8, 4) is 0 Å². The number of hydrogen-bond donors (Lipinski definition) is 0. The Labute approximate surface area is 92.5 Å². The molecule has 0 atom stereocenters. The molecule has 0 aliphatic carbocycles. The highest BCUT2D eigenvalue weighted by Crippen LogP contribution is 2.17. The van der Waals surface area contributed by atoms with Gasteiger partial charge in [0, 0.05) is 24.7 Å².